The average Bonchev–Trinajstić information content (AvgIpc) is 2.89. The Morgan fingerprint density at radius 3 is 2.48 bits per heavy atom. The third kappa shape index (κ3) is 3.60. The molecular weight excluding hydrogens is 275 g/mol. The summed E-state index contributed by atoms with van der Waals surface area (Å²) in [6.45, 7) is 3.99. The topological polar surface area (TPSA) is 12.0 Å². The fourth-order valence-electron chi connectivity index (χ4n) is 3.63. The van der Waals surface area contributed by atoms with Crippen molar-refractivity contribution in [3.05, 3.63) is 34.9 Å². The van der Waals surface area contributed by atoms with Crippen molar-refractivity contribution < 1.29 is 13.2 Å². The fourth-order valence-corrected chi connectivity index (χ4v) is 3.63. The zero-order chi connectivity index (χ0) is 15.6. The first-order valence-electron chi connectivity index (χ1n) is 7.71. The lowest BCUT2D eigenvalue weighted by Crippen LogP contribution is -2.25. The minimum Gasteiger partial charge on any atom is -0.313 e. The van der Waals surface area contributed by atoms with Crippen LogP contribution >= 0.6 is 0 Å². The molecule has 2 rings (SSSR count). The van der Waals surface area contributed by atoms with Gasteiger partial charge in [0.05, 0.1) is 5.56 Å². The van der Waals surface area contributed by atoms with E-state index < -0.39 is 11.7 Å². The summed E-state index contributed by atoms with van der Waals surface area (Å²) in [4.78, 5) is 0. The van der Waals surface area contributed by atoms with Gasteiger partial charge in [0.25, 0.3) is 0 Å². The maximum Gasteiger partial charge on any atom is 0.416 e. The van der Waals surface area contributed by atoms with Crippen LogP contribution in [0.5, 0.6) is 0 Å². The van der Waals surface area contributed by atoms with E-state index in [9.17, 15) is 13.2 Å². The van der Waals surface area contributed by atoms with Gasteiger partial charge in [0.1, 0.15) is 0 Å². The average molecular weight is 299 g/mol. The number of aryl methyl sites for hydroxylation is 1. The van der Waals surface area contributed by atoms with Crippen LogP contribution in [-0.4, -0.2) is 7.05 Å². The standard InChI is InChI=1S/C17H24F3N/c1-4-12-5-6-13(10-12)16(21-3)15-8-7-14(9-11(15)2)17(18,19)20/h7-9,12-13,16,21H,4-6,10H2,1-3H3. The molecule has 21 heavy (non-hydrogen) atoms. The van der Waals surface area contributed by atoms with E-state index in [1.165, 1.54) is 31.4 Å². The molecule has 0 radical (unpaired) electrons. The van der Waals surface area contributed by atoms with Gasteiger partial charge in [-0.15, -0.1) is 0 Å². The predicted molar refractivity (Wildman–Crippen MR) is 79.1 cm³/mol. The van der Waals surface area contributed by atoms with Gasteiger partial charge in [-0.3, -0.25) is 0 Å². The van der Waals surface area contributed by atoms with E-state index >= 15 is 0 Å². The molecule has 118 valence electrons. The summed E-state index contributed by atoms with van der Waals surface area (Å²) < 4.78 is 38.3. The highest BCUT2D eigenvalue weighted by Crippen LogP contribution is 2.41. The second-order valence-electron chi connectivity index (χ2n) is 6.18. The molecule has 1 aromatic carbocycles. The molecule has 1 nitrogen and oxygen atoms in total. The molecule has 0 bridgehead atoms. The van der Waals surface area contributed by atoms with E-state index in [4.69, 9.17) is 0 Å². The summed E-state index contributed by atoms with van der Waals surface area (Å²) in [7, 11) is 1.90. The van der Waals surface area contributed by atoms with E-state index in [2.05, 4.69) is 12.2 Å². The van der Waals surface area contributed by atoms with Crippen LogP contribution in [0.3, 0.4) is 0 Å². The molecule has 0 amide bonds. The largest absolute Gasteiger partial charge is 0.416 e. The highest BCUT2D eigenvalue weighted by atomic mass is 19.4. The molecule has 3 unspecified atom stereocenters. The van der Waals surface area contributed by atoms with Gasteiger partial charge in [-0.2, -0.15) is 13.2 Å². The molecule has 0 saturated heterocycles. The fraction of sp³-hybridized carbons (Fsp3) is 0.647. The van der Waals surface area contributed by atoms with E-state index in [-0.39, 0.29) is 6.04 Å². The van der Waals surface area contributed by atoms with Crippen molar-refractivity contribution in [1.29, 1.82) is 0 Å². The Kier molecular flexibility index (Phi) is 4.97. The SMILES string of the molecule is CCC1CCC(C(NC)c2ccc(C(F)(F)F)cc2C)C1. The monoisotopic (exact) mass is 299 g/mol. The zero-order valence-corrected chi connectivity index (χ0v) is 12.9. The molecular formula is C17H24F3N. The van der Waals surface area contributed by atoms with Gasteiger partial charge in [-0.1, -0.05) is 25.8 Å². The van der Waals surface area contributed by atoms with Crippen LogP contribution in [0.2, 0.25) is 0 Å². The summed E-state index contributed by atoms with van der Waals surface area (Å²) >= 11 is 0. The maximum atomic E-state index is 12.8. The second-order valence-corrected chi connectivity index (χ2v) is 6.18. The minimum atomic E-state index is -4.26. The zero-order valence-electron chi connectivity index (χ0n) is 12.9. The van der Waals surface area contributed by atoms with Crippen molar-refractivity contribution >= 4 is 0 Å². The molecule has 1 aliphatic carbocycles. The highest BCUT2D eigenvalue weighted by Gasteiger charge is 2.33. The van der Waals surface area contributed by atoms with Crippen LogP contribution < -0.4 is 5.32 Å². The van der Waals surface area contributed by atoms with Crippen molar-refractivity contribution in [1.82, 2.24) is 5.32 Å². The number of halogens is 3. The van der Waals surface area contributed by atoms with E-state index in [0.717, 1.165) is 23.5 Å². The Bertz CT molecular complexity index is 481. The molecule has 1 aliphatic rings. The number of hydrogen-bond donors (Lipinski definition) is 1. The molecule has 1 aromatic rings. The van der Waals surface area contributed by atoms with Crippen LogP contribution in [0.15, 0.2) is 18.2 Å². The number of alkyl halides is 3. The molecule has 4 heteroatoms. The third-order valence-corrected chi connectivity index (χ3v) is 4.87. The van der Waals surface area contributed by atoms with Crippen molar-refractivity contribution in [3.63, 3.8) is 0 Å². The van der Waals surface area contributed by atoms with Gasteiger partial charge in [0, 0.05) is 6.04 Å². The van der Waals surface area contributed by atoms with E-state index in [1.807, 2.05) is 7.05 Å². The first kappa shape index (κ1) is 16.3. The van der Waals surface area contributed by atoms with E-state index in [0.29, 0.717) is 5.92 Å². The molecule has 0 spiro atoms. The lowest BCUT2D eigenvalue weighted by Gasteiger charge is -2.26. The minimum absolute atomic E-state index is 0.156. The number of hydrogen-bond acceptors (Lipinski definition) is 1. The van der Waals surface area contributed by atoms with Gasteiger partial charge in [0.2, 0.25) is 0 Å². The van der Waals surface area contributed by atoms with Crippen molar-refractivity contribution in [2.45, 2.75) is 51.7 Å². The Morgan fingerprint density at radius 1 is 1.29 bits per heavy atom. The quantitative estimate of drug-likeness (QED) is 0.815. The summed E-state index contributed by atoms with van der Waals surface area (Å²) in [5.74, 6) is 1.29. The molecule has 1 N–H and O–H groups in total. The smallest absolute Gasteiger partial charge is 0.313 e. The van der Waals surface area contributed by atoms with Gasteiger partial charge in [-0.25, -0.2) is 0 Å². The Hall–Kier alpha value is -1.03. The van der Waals surface area contributed by atoms with Crippen LogP contribution in [-0.2, 0) is 6.18 Å². The predicted octanol–water partition coefficient (Wildman–Crippen LogP) is 5.10. The van der Waals surface area contributed by atoms with Gasteiger partial charge >= 0.3 is 6.18 Å². The van der Waals surface area contributed by atoms with Crippen LogP contribution in [0.4, 0.5) is 13.2 Å². The molecule has 1 fully saturated rings. The summed E-state index contributed by atoms with van der Waals surface area (Å²) in [6, 6.07) is 4.28. The first-order chi connectivity index (χ1) is 9.86. The van der Waals surface area contributed by atoms with E-state index in [1.54, 1.807) is 13.0 Å². The molecule has 0 heterocycles. The van der Waals surface area contributed by atoms with Gasteiger partial charge < -0.3 is 5.32 Å². The Morgan fingerprint density at radius 2 is 2.00 bits per heavy atom. The number of benzene rings is 1. The van der Waals surface area contributed by atoms with Crippen molar-refractivity contribution in [3.8, 4) is 0 Å². The first-order valence-corrected chi connectivity index (χ1v) is 7.71. The summed E-state index contributed by atoms with van der Waals surface area (Å²) in [5, 5.41) is 3.32. The lowest BCUT2D eigenvalue weighted by molar-refractivity contribution is -0.137. The molecule has 3 atom stereocenters. The Balaban J connectivity index is 2.23. The molecule has 1 saturated carbocycles. The Labute approximate surface area is 124 Å². The van der Waals surface area contributed by atoms with Crippen LogP contribution in [0, 0.1) is 18.8 Å². The number of rotatable bonds is 4. The van der Waals surface area contributed by atoms with Crippen molar-refractivity contribution in [2.24, 2.45) is 11.8 Å². The van der Waals surface area contributed by atoms with Crippen LogP contribution in [0.1, 0.15) is 55.3 Å². The highest BCUT2D eigenvalue weighted by molar-refractivity contribution is 5.35. The molecule has 0 aromatic heterocycles. The summed E-state index contributed by atoms with van der Waals surface area (Å²) in [6.07, 6.45) is 0.490. The van der Waals surface area contributed by atoms with Gasteiger partial charge in [0.15, 0.2) is 0 Å². The van der Waals surface area contributed by atoms with Crippen molar-refractivity contribution in [2.75, 3.05) is 7.05 Å². The lowest BCUT2D eigenvalue weighted by atomic mass is 9.87. The second kappa shape index (κ2) is 6.39. The van der Waals surface area contributed by atoms with Crippen LogP contribution in [0.25, 0.3) is 0 Å². The normalized spacial score (nSPS) is 24.3. The number of nitrogens with one attached hydrogen (secondary N) is 1. The maximum absolute atomic E-state index is 12.8. The van der Waals surface area contributed by atoms with Gasteiger partial charge in [-0.05, 0) is 61.9 Å². The molecule has 0 aliphatic heterocycles. The third-order valence-electron chi connectivity index (χ3n) is 4.87. The summed E-state index contributed by atoms with van der Waals surface area (Å²) in [5.41, 5.74) is 1.17.